The highest BCUT2D eigenvalue weighted by molar-refractivity contribution is 5.97. The Kier molecular flexibility index (Phi) is 5.54. The van der Waals surface area contributed by atoms with Crippen LogP contribution in [0, 0.1) is 0 Å². The number of amides is 1. The van der Waals surface area contributed by atoms with E-state index >= 15 is 0 Å². The van der Waals surface area contributed by atoms with Gasteiger partial charge >= 0.3 is 5.97 Å². The predicted molar refractivity (Wildman–Crippen MR) is 82.5 cm³/mol. The van der Waals surface area contributed by atoms with Gasteiger partial charge in [-0.05, 0) is 19.4 Å². The van der Waals surface area contributed by atoms with E-state index < -0.39 is 17.4 Å². The number of hydrogen-bond acceptors (Lipinski definition) is 5. The number of aliphatic carboxylic acids is 1. The quantitative estimate of drug-likeness (QED) is 0.791. The number of carbonyl (C=O) groups is 2. The van der Waals surface area contributed by atoms with Gasteiger partial charge in [-0.15, -0.1) is 0 Å². The highest BCUT2D eigenvalue weighted by Gasteiger charge is 2.34. The zero-order chi connectivity index (χ0) is 16.9. The van der Waals surface area contributed by atoms with Crippen LogP contribution in [0.5, 0.6) is 5.88 Å². The minimum Gasteiger partial charge on any atom is -0.480 e. The molecule has 23 heavy (non-hydrogen) atoms. The normalized spacial score (nSPS) is 19.8. The first-order valence-electron chi connectivity index (χ1n) is 7.71. The summed E-state index contributed by atoms with van der Waals surface area (Å²) in [4.78, 5) is 27.8. The molecule has 1 aromatic heterocycles. The van der Waals surface area contributed by atoms with Crippen molar-refractivity contribution in [3.05, 3.63) is 23.9 Å². The van der Waals surface area contributed by atoms with Crippen LogP contribution in [0.2, 0.25) is 0 Å². The third kappa shape index (κ3) is 4.41. The van der Waals surface area contributed by atoms with E-state index in [1.54, 1.807) is 0 Å². The number of nitrogens with one attached hydrogen (secondary N) is 1. The molecule has 2 rings (SSSR count). The zero-order valence-electron chi connectivity index (χ0n) is 13.4. The second kappa shape index (κ2) is 7.41. The summed E-state index contributed by atoms with van der Waals surface area (Å²) in [6, 6.07) is 3.05. The third-order valence-corrected chi connectivity index (χ3v) is 3.78. The summed E-state index contributed by atoms with van der Waals surface area (Å²) in [6.45, 7) is 4.53. The Morgan fingerprint density at radius 3 is 2.96 bits per heavy atom. The monoisotopic (exact) mass is 322 g/mol. The second-order valence-corrected chi connectivity index (χ2v) is 5.83. The summed E-state index contributed by atoms with van der Waals surface area (Å²) in [6.07, 6.45) is 3.19. The molecule has 2 heterocycles. The first kappa shape index (κ1) is 17.2. The summed E-state index contributed by atoms with van der Waals surface area (Å²) in [7, 11) is 0. The molecule has 7 nitrogen and oxygen atoms in total. The van der Waals surface area contributed by atoms with E-state index in [4.69, 9.17) is 9.47 Å². The molecule has 1 fully saturated rings. The van der Waals surface area contributed by atoms with Gasteiger partial charge in [-0.1, -0.05) is 13.3 Å². The van der Waals surface area contributed by atoms with E-state index in [9.17, 15) is 14.7 Å². The maximum absolute atomic E-state index is 12.3. The molecule has 1 aliphatic rings. The molecule has 1 amide bonds. The van der Waals surface area contributed by atoms with Crippen LogP contribution in [0.15, 0.2) is 18.3 Å². The lowest BCUT2D eigenvalue weighted by atomic mass is 9.96. The van der Waals surface area contributed by atoms with Crippen molar-refractivity contribution in [1.29, 1.82) is 0 Å². The molecular formula is C16H22N2O5. The van der Waals surface area contributed by atoms with Crippen LogP contribution in [0.1, 0.15) is 43.5 Å². The van der Waals surface area contributed by atoms with E-state index in [-0.39, 0.29) is 6.10 Å². The molecule has 0 aliphatic carbocycles. The van der Waals surface area contributed by atoms with E-state index in [1.807, 2.05) is 6.92 Å². The minimum atomic E-state index is -1.30. The van der Waals surface area contributed by atoms with E-state index in [0.717, 1.165) is 6.42 Å². The van der Waals surface area contributed by atoms with Crippen molar-refractivity contribution in [3.63, 3.8) is 0 Å². The number of carbonyl (C=O) groups excluding carboxylic acids is 1. The van der Waals surface area contributed by atoms with Crippen molar-refractivity contribution in [2.45, 2.75) is 44.8 Å². The molecular weight excluding hydrogens is 300 g/mol. The van der Waals surface area contributed by atoms with Gasteiger partial charge in [0, 0.05) is 24.2 Å². The molecule has 1 aliphatic heterocycles. The van der Waals surface area contributed by atoms with Crippen LogP contribution in [0.3, 0.4) is 0 Å². The number of rotatable bonds is 7. The lowest BCUT2D eigenvalue weighted by molar-refractivity contribution is -0.144. The van der Waals surface area contributed by atoms with Crippen molar-refractivity contribution in [3.8, 4) is 5.88 Å². The summed E-state index contributed by atoms with van der Waals surface area (Å²) in [5.74, 6) is -1.18. The van der Waals surface area contributed by atoms with Crippen LogP contribution in [0.4, 0.5) is 0 Å². The van der Waals surface area contributed by atoms with Gasteiger partial charge in [-0.2, -0.15) is 0 Å². The average Bonchev–Trinajstić information content (AvgIpc) is 3.00. The molecule has 1 aromatic rings. The lowest BCUT2D eigenvalue weighted by Crippen LogP contribution is -2.52. The van der Waals surface area contributed by atoms with Crippen molar-refractivity contribution in [2.75, 3.05) is 13.2 Å². The first-order chi connectivity index (χ1) is 10.9. The Morgan fingerprint density at radius 2 is 2.35 bits per heavy atom. The Morgan fingerprint density at radius 1 is 1.57 bits per heavy atom. The van der Waals surface area contributed by atoms with Crippen LogP contribution in [-0.4, -0.2) is 46.8 Å². The number of carboxylic acids is 1. The molecule has 2 N–H and O–H groups in total. The average molecular weight is 322 g/mol. The van der Waals surface area contributed by atoms with Gasteiger partial charge in [0.25, 0.3) is 5.91 Å². The fourth-order valence-electron chi connectivity index (χ4n) is 2.44. The van der Waals surface area contributed by atoms with E-state index in [0.29, 0.717) is 37.5 Å². The van der Waals surface area contributed by atoms with Gasteiger partial charge in [0.05, 0.1) is 13.2 Å². The molecule has 126 valence electrons. The van der Waals surface area contributed by atoms with Crippen LogP contribution < -0.4 is 10.1 Å². The van der Waals surface area contributed by atoms with Gasteiger partial charge in [-0.3, -0.25) is 4.79 Å². The maximum Gasteiger partial charge on any atom is 0.329 e. The van der Waals surface area contributed by atoms with E-state index in [1.165, 1.54) is 25.3 Å². The predicted octanol–water partition coefficient (Wildman–Crippen LogP) is 1.62. The minimum absolute atomic E-state index is 0.0646. The van der Waals surface area contributed by atoms with Gasteiger partial charge in [-0.25, -0.2) is 9.78 Å². The Bertz CT molecular complexity index is 571. The van der Waals surface area contributed by atoms with Gasteiger partial charge in [0.1, 0.15) is 11.6 Å². The van der Waals surface area contributed by atoms with Crippen molar-refractivity contribution < 1.29 is 24.2 Å². The molecule has 0 bridgehead atoms. The lowest BCUT2D eigenvalue weighted by Gasteiger charge is -2.25. The maximum atomic E-state index is 12.3. The number of hydrogen-bond donors (Lipinski definition) is 2. The van der Waals surface area contributed by atoms with Crippen molar-refractivity contribution >= 4 is 11.9 Å². The molecule has 0 spiro atoms. The van der Waals surface area contributed by atoms with E-state index in [2.05, 4.69) is 10.3 Å². The first-order valence-corrected chi connectivity index (χ1v) is 7.71. The summed E-state index contributed by atoms with van der Waals surface area (Å²) < 4.78 is 10.9. The van der Waals surface area contributed by atoms with Crippen LogP contribution in [-0.2, 0) is 9.53 Å². The molecule has 7 heteroatoms. The topological polar surface area (TPSA) is 97.8 Å². The molecule has 1 saturated heterocycles. The molecule has 2 unspecified atom stereocenters. The van der Waals surface area contributed by atoms with Gasteiger partial charge < -0.3 is 19.9 Å². The van der Waals surface area contributed by atoms with Crippen LogP contribution in [0.25, 0.3) is 0 Å². The highest BCUT2D eigenvalue weighted by Crippen LogP contribution is 2.18. The smallest absolute Gasteiger partial charge is 0.329 e. The third-order valence-electron chi connectivity index (χ3n) is 3.78. The summed E-state index contributed by atoms with van der Waals surface area (Å²) in [5.41, 5.74) is -0.979. The van der Waals surface area contributed by atoms with Gasteiger partial charge in [0.2, 0.25) is 5.88 Å². The fraction of sp³-hybridized carbons (Fsp3) is 0.562. The number of aromatic nitrogens is 1. The zero-order valence-corrected chi connectivity index (χ0v) is 13.4. The standard InChI is InChI=1S/C16H22N2O5/c1-3-6-16(2,15(20)21)18-14(19)11-4-7-17-13(9-11)23-12-5-8-22-10-12/h4,7,9,12H,3,5-6,8,10H2,1-2H3,(H,18,19)(H,20,21). The highest BCUT2D eigenvalue weighted by atomic mass is 16.5. The Balaban J connectivity index is 2.07. The Labute approximate surface area is 135 Å². The van der Waals surface area contributed by atoms with Gasteiger partial charge in [0.15, 0.2) is 0 Å². The fourth-order valence-corrected chi connectivity index (χ4v) is 2.44. The van der Waals surface area contributed by atoms with Crippen molar-refractivity contribution in [2.24, 2.45) is 0 Å². The Hall–Kier alpha value is -2.15. The second-order valence-electron chi connectivity index (χ2n) is 5.83. The number of nitrogens with zero attached hydrogens (tertiary/aromatic N) is 1. The number of carboxylic acid groups (broad SMARTS) is 1. The largest absolute Gasteiger partial charge is 0.480 e. The number of ether oxygens (including phenoxy) is 2. The molecule has 0 saturated carbocycles. The summed E-state index contributed by atoms with van der Waals surface area (Å²) >= 11 is 0. The van der Waals surface area contributed by atoms with Crippen molar-refractivity contribution in [1.82, 2.24) is 10.3 Å². The number of pyridine rings is 1. The molecule has 0 aromatic carbocycles. The molecule has 0 radical (unpaired) electrons. The van der Waals surface area contributed by atoms with Crippen LogP contribution >= 0.6 is 0 Å². The molecule has 2 atom stereocenters. The SMILES string of the molecule is CCCC(C)(NC(=O)c1ccnc(OC2CCOC2)c1)C(=O)O. The summed E-state index contributed by atoms with van der Waals surface area (Å²) in [5, 5.41) is 11.9.